The van der Waals surface area contributed by atoms with Crippen LogP contribution in [0.2, 0.25) is 5.02 Å². The predicted molar refractivity (Wildman–Crippen MR) is 70.3 cm³/mol. The third-order valence-electron chi connectivity index (χ3n) is 3.03. The van der Waals surface area contributed by atoms with Crippen molar-refractivity contribution >= 4 is 29.2 Å². The molecule has 0 unspecified atom stereocenters. The molecule has 1 heterocycles. The lowest BCUT2D eigenvalue weighted by molar-refractivity contribution is -0.150. The Labute approximate surface area is 115 Å². The van der Waals surface area contributed by atoms with Gasteiger partial charge >= 0.3 is 5.97 Å². The largest absolute Gasteiger partial charge is 0.479 e. The van der Waals surface area contributed by atoms with Crippen LogP contribution in [0, 0.1) is 6.92 Å². The van der Waals surface area contributed by atoms with Crippen molar-refractivity contribution < 1.29 is 19.4 Å². The van der Waals surface area contributed by atoms with Gasteiger partial charge in [-0.1, -0.05) is 17.7 Å². The van der Waals surface area contributed by atoms with E-state index < -0.39 is 18.2 Å². The summed E-state index contributed by atoms with van der Waals surface area (Å²) in [6.07, 6.45) is -0.858. The van der Waals surface area contributed by atoms with E-state index in [1.807, 2.05) is 6.92 Å². The first-order chi connectivity index (χ1) is 8.97. The van der Waals surface area contributed by atoms with Gasteiger partial charge in [0.1, 0.15) is 6.10 Å². The van der Waals surface area contributed by atoms with E-state index in [0.29, 0.717) is 23.6 Å². The Balaban J connectivity index is 1.98. The third kappa shape index (κ3) is 3.24. The van der Waals surface area contributed by atoms with Gasteiger partial charge in [0.2, 0.25) is 0 Å². The summed E-state index contributed by atoms with van der Waals surface area (Å²) in [6, 6.07) is 5.19. The van der Waals surface area contributed by atoms with Crippen LogP contribution in [-0.4, -0.2) is 29.2 Å². The highest BCUT2D eigenvalue weighted by Crippen LogP contribution is 2.23. The molecule has 0 saturated carbocycles. The molecular weight excluding hydrogens is 270 g/mol. The van der Waals surface area contributed by atoms with Crippen molar-refractivity contribution in [3.8, 4) is 0 Å². The maximum atomic E-state index is 11.9. The van der Waals surface area contributed by atoms with Crippen LogP contribution in [0.4, 0.5) is 5.69 Å². The summed E-state index contributed by atoms with van der Waals surface area (Å²) >= 11 is 5.96. The van der Waals surface area contributed by atoms with Crippen molar-refractivity contribution in [1.82, 2.24) is 0 Å². The summed E-state index contributed by atoms with van der Waals surface area (Å²) in [5.74, 6) is -1.38. The number of hydrogen-bond donors (Lipinski definition) is 2. The standard InChI is InChI=1S/C13H14ClNO4/c1-7-2-3-8(6-9(7)14)15-12(16)10-4-5-11(19-10)13(17)18/h2-3,6,10-11H,4-5H2,1H3,(H,15,16)(H,17,18)/t10-,11+/m0/s1. The first-order valence-corrected chi connectivity index (χ1v) is 6.30. The lowest BCUT2D eigenvalue weighted by Crippen LogP contribution is -2.29. The minimum absolute atomic E-state index is 0.344. The van der Waals surface area contributed by atoms with Gasteiger partial charge in [-0.05, 0) is 37.5 Å². The Morgan fingerprint density at radius 1 is 1.37 bits per heavy atom. The SMILES string of the molecule is Cc1ccc(NC(=O)[C@@H]2CC[C@H](C(=O)O)O2)cc1Cl. The molecule has 0 spiro atoms. The highest BCUT2D eigenvalue weighted by atomic mass is 35.5. The predicted octanol–water partition coefficient (Wildman–Crippen LogP) is 2.22. The van der Waals surface area contributed by atoms with Gasteiger partial charge < -0.3 is 15.2 Å². The van der Waals surface area contributed by atoms with Gasteiger partial charge in [-0.2, -0.15) is 0 Å². The average molecular weight is 284 g/mol. The summed E-state index contributed by atoms with van der Waals surface area (Å²) in [5, 5.41) is 12.0. The molecule has 0 radical (unpaired) electrons. The van der Waals surface area contributed by atoms with Crippen LogP contribution in [0.25, 0.3) is 0 Å². The van der Waals surface area contributed by atoms with Crippen LogP contribution in [0.15, 0.2) is 18.2 Å². The number of carboxylic acid groups (broad SMARTS) is 1. The highest BCUT2D eigenvalue weighted by molar-refractivity contribution is 6.31. The van der Waals surface area contributed by atoms with Crippen LogP contribution in [-0.2, 0) is 14.3 Å². The second kappa shape index (κ2) is 5.59. The first kappa shape index (κ1) is 13.8. The number of anilines is 1. The molecule has 2 N–H and O–H groups in total. The van der Waals surface area contributed by atoms with Crippen LogP contribution in [0.1, 0.15) is 18.4 Å². The molecule has 0 aromatic heterocycles. The molecule has 19 heavy (non-hydrogen) atoms. The van der Waals surface area contributed by atoms with Gasteiger partial charge in [0.05, 0.1) is 0 Å². The molecular formula is C13H14ClNO4. The van der Waals surface area contributed by atoms with E-state index in [-0.39, 0.29) is 5.91 Å². The normalized spacial score (nSPS) is 22.2. The maximum absolute atomic E-state index is 11.9. The smallest absolute Gasteiger partial charge is 0.332 e. The van der Waals surface area contributed by atoms with Crippen molar-refractivity contribution in [2.75, 3.05) is 5.32 Å². The summed E-state index contributed by atoms with van der Waals surface area (Å²) in [7, 11) is 0. The molecule has 1 aliphatic rings. The number of carbonyl (C=O) groups is 2. The van der Waals surface area contributed by atoms with Crippen LogP contribution in [0.3, 0.4) is 0 Å². The number of rotatable bonds is 3. The Morgan fingerprint density at radius 2 is 2.05 bits per heavy atom. The Hall–Kier alpha value is -1.59. The number of ether oxygens (including phenoxy) is 1. The number of hydrogen-bond acceptors (Lipinski definition) is 3. The molecule has 5 nitrogen and oxygen atoms in total. The van der Waals surface area contributed by atoms with Gasteiger partial charge in [-0.25, -0.2) is 4.79 Å². The van der Waals surface area contributed by atoms with Gasteiger partial charge in [0, 0.05) is 10.7 Å². The second-order valence-electron chi connectivity index (χ2n) is 4.48. The lowest BCUT2D eigenvalue weighted by Gasteiger charge is -2.12. The number of carboxylic acids is 1. The highest BCUT2D eigenvalue weighted by Gasteiger charge is 2.34. The third-order valence-corrected chi connectivity index (χ3v) is 3.43. The number of benzene rings is 1. The summed E-state index contributed by atoms with van der Waals surface area (Å²) in [4.78, 5) is 22.6. The van der Waals surface area contributed by atoms with Crippen molar-refractivity contribution in [3.63, 3.8) is 0 Å². The monoisotopic (exact) mass is 283 g/mol. The zero-order valence-electron chi connectivity index (χ0n) is 10.4. The van der Waals surface area contributed by atoms with Gasteiger partial charge in [-0.3, -0.25) is 4.79 Å². The zero-order chi connectivity index (χ0) is 14.0. The molecule has 1 amide bonds. The molecule has 6 heteroatoms. The van der Waals surface area contributed by atoms with E-state index in [1.165, 1.54) is 0 Å². The molecule has 1 fully saturated rings. The van der Waals surface area contributed by atoms with Crippen molar-refractivity contribution in [2.45, 2.75) is 32.0 Å². The number of halogens is 1. The van der Waals surface area contributed by atoms with Crippen LogP contribution >= 0.6 is 11.6 Å². The quantitative estimate of drug-likeness (QED) is 0.892. The first-order valence-electron chi connectivity index (χ1n) is 5.92. The van der Waals surface area contributed by atoms with Crippen molar-refractivity contribution in [1.29, 1.82) is 0 Å². The van der Waals surface area contributed by atoms with Crippen LogP contribution < -0.4 is 5.32 Å². The fourth-order valence-electron chi connectivity index (χ4n) is 1.91. The fourth-order valence-corrected chi connectivity index (χ4v) is 2.09. The van der Waals surface area contributed by atoms with E-state index in [2.05, 4.69) is 5.32 Å². The van der Waals surface area contributed by atoms with E-state index in [0.717, 1.165) is 5.56 Å². The zero-order valence-corrected chi connectivity index (χ0v) is 11.1. The van der Waals surface area contributed by atoms with E-state index in [9.17, 15) is 9.59 Å². The molecule has 0 bridgehead atoms. The molecule has 1 saturated heterocycles. The molecule has 1 aromatic rings. The average Bonchev–Trinajstić information content (AvgIpc) is 2.83. The summed E-state index contributed by atoms with van der Waals surface area (Å²) in [5.41, 5.74) is 1.49. The van der Waals surface area contributed by atoms with E-state index in [4.69, 9.17) is 21.4 Å². The molecule has 2 rings (SSSR count). The Kier molecular flexibility index (Phi) is 4.07. The van der Waals surface area contributed by atoms with Crippen molar-refractivity contribution in [3.05, 3.63) is 28.8 Å². The summed E-state index contributed by atoms with van der Waals surface area (Å²) < 4.78 is 5.17. The molecule has 2 atom stereocenters. The molecule has 102 valence electrons. The topological polar surface area (TPSA) is 75.6 Å². The van der Waals surface area contributed by atoms with Gasteiger partial charge in [-0.15, -0.1) is 0 Å². The van der Waals surface area contributed by atoms with Gasteiger partial charge in [0.15, 0.2) is 6.10 Å². The minimum Gasteiger partial charge on any atom is -0.479 e. The lowest BCUT2D eigenvalue weighted by atomic mass is 10.2. The van der Waals surface area contributed by atoms with Crippen molar-refractivity contribution in [2.24, 2.45) is 0 Å². The Morgan fingerprint density at radius 3 is 2.63 bits per heavy atom. The van der Waals surface area contributed by atoms with E-state index >= 15 is 0 Å². The Bertz CT molecular complexity index is 517. The number of nitrogens with one attached hydrogen (secondary N) is 1. The van der Waals surface area contributed by atoms with E-state index in [1.54, 1.807) is 18.2 Å². The fraction of sp³-hybridized carbons (Fsp3) is 0.385. The number of aliphatic carboxylic acids is 1. The number of carbonyl (C=O) groups excluding carboxylic acids is 1. The number of aryl methyl sites for hydroxylation is 1. The molecule has 1 aromatic carbocycles. The maximum Gasteiger partial charge on any atom is 0.332 e. The molecule has 0 aliphatic carbocycles. The van der Waals surface area contributed by atoms with Gasteiger partial charge in [0.25, 0.3) is 5.91 Å². The second-order valence-corrected chi connectivity index (χ2v) is 4.89. The van der Waals surface area contributed by atoms with Crippen LogP contribution in [0.5, 0.6) is 0 Å². The molecule has 1 aliphatic heterocycles. The summed E-state index contributed by atoms with van der Waals surface area (Å²) in [6.45, 7) is 1.87. The number of amides is 1. The minimum atomic E-state index is -1.03.